The number of carboxylic acid groups (broad SMARTS) is 1. The van der Waals surface area contributed by atoms with Gasteiger partial charge in [-0.2, -0.15) is 10.1 Å². The van der Waals surface area contributed by atoms with Crippen molar-refractivity contribution in [2.75, 3.05) is 13.2 Å². The molecule has 1 aliphatic heterocycles. The molecule has 48 heavy (non-hydrogen) atoms. The molecule has 0 aromatic heterocycles. The van der Waals surface area contributed by atoms with Gasteiger partial charge < -0.3 is 21.0 Å². The molecule has 4 aliphatic carbocycles. The third-order valence-corrected chi connectivity index (χ3v) is 10.7. The zero-order valence-electron chi connectivity index (χ0n) is 27.2. The first kappa shape index (κ1) is 33.0. The second-order valence-corrected chi connectivity index (χ2v) is 14.1. The van der Waals surface area contributed by atoms with Gasteiger partial charge in [-0.05, 0) is 79.9 Å². The number of urea groups is 1. The fraction of sp³-hybridized carbons (Fsp3) is 0.486. The Bertz CT molecular complexity index is 1580. The van der Waals surface area contributed by atoms with Gasteiger partial charge in [0.2, 0.25) is 5.91 Å². The molecule has 2 aromatic rings. The molecule has 4 N–H and O–H groups in total. The Hall–Kier alpha value is -4.94. The fourth-order valence-corrected chi connectivity index (χ4v) is 8.76. The second kappa shape index (κ2) is 12.9. The number of aliphatic carboxylic acids is 1. The van der Waals surface area contributed by atoms with Crippen LogP contribution in [0.15, 0.2) is 59.7 Å². The molecule has 13 heteroatoms. The van der Waals surface area contributed by atoms with Crippen LogP contribution in [-0.2, 0) is 31.2 Å². The number of carboxylic acids is 1. The quantitative estimate of drug-likeness (QED) is 0.141. The van der Waals surface area contributed by atoms with Gasteiger partial charge in [0.1, 0.15) is 11.6 Å². The molecule has 1 heterocycles. The Labute approximate surface area is 279 Å². The average molecular weight is 659 g/mol. The molecule has 5 amide bonds. The van der Waals surface area contributed by atoms with E-state index in [1.54, 1.807) is 43.3 Å². The summed E-state index contributed by atoms with van der Waals surface area (Å²) in [4.78, 5) is 68.3. The highest BCUT2D eigenvalue weighted by Crippen LogP contribution is 2.60. The lowest BCUT2D eigenvalue weighted by Crippen LogP contribution is -2.57. The van der Waals surface area contributed by atoms with Gasteiger partial charge in [0.05, 0.1) is 19.4 Å². The zero-order chi connectivity index (χ0) is 34.2. The van der Waals surface area contributed by atoms with Crippen LogP contribution in [0.4, 0.5) is 9.59 Å². The number of imide groups is 1. The van der Waals surface area contributed by atoms with E-state index in [0.29, 0.717) is 33.9 Å². The first-order valence-corrected chi connectivity index (χ1v) is 16.4. The number of amides is 5. The largest absolute Gasteiger partial charge is 0.480 e. The summed E-state index contributed by atoms with van der Waals surface area (Å²) in [6.07, 6.45) is 7.24. The molecule has 4 saturated carbocycles. The lowest BCUT2D eigenvalue weighted by atomic mass is 9.50. The van der Waals surface area contributed by atoms with Crippen molar-refractivity contribution in [3.63, 3.8) is 0 Å². The number of rotatable bonds is 11. The fourth-order valence-electron chi connectivity index (χ4n) is 8.76. The number of hydrazone groups is 1. The van der Waals surface area contributed by atoms with E-state index < -0.39 is 48.0 Å². The molecule has 254 valence electrons. The van der Waals surface area contributed by atoms with E-state index in [4.69, 9.17) is 10.6 Å². The van der Waals surface area contributed by atoms with E-state index in [-0.39, 0.29) is 18.6 Å². The predicted octanol–water partition coefficient (Wildman–Crippen LogP) is 3.82. The minimum atomic E-state index is -1.66. The van der Waals surface area contributed by atoms with Crippen LogP contribution < -0.4 is 11.2 Å². The zero-order valence-corrected chi connectivity index (χ0v) is 27.2. The number of carbonyl (C=O) groups is 5. The number of ether oxygens (including phenoxy) is 1. The SMILES string of the molecule is CC(=O)N(C[C@H](NC(=O)OCC12CC3CC(CC(C3)C1)C2)C(=O)O)N1C(=O)N(Cc2ccccc2)[C@](C)(c2ccc(C=NN)cc2)C1=O. The number of carbonyl (C=O) groups excluding carboxylic acids is 4. The third-order valence-electron chi connectivity index (χ3n) is 10.7. The summed E-state index contributed by atoms with van der Waals surface area (Å²) in [5, 5.41) is 17.4. The van der Waals surface area contributed by atoms with Gasteiger partial charge in [0.25, 0.3) is 5.91 Å². The molecule has 13 nitrogen and oxygen atoms in total. The van der Waals surface area contributed by atoms with Gasteiger partial charge in [-0.15, -0.1) is 0 Å². The monoisotopic (exact) mass is 658 g/mol. The summed E-state index contributed by atoms with van der Waals surface area (Å²) in [7, 11) is 0. The van der Waals surface area contributed by atoms with Gasteiger partial charge >= 0.3 is 18.1 Å². The number of nitrogens with zero attached hydrogens (tertiary/aromatic N) is 4. The van der Waals surface area contributed by atoms with E-state index in [0.717, 1.165) is 36.8 Å². The van der Waals surface area contributed by atoms with Crippen LogP contribution in [0.25, 0.3) is 0 Å². The van der Waals surface area contributed by atoms with Crippen molar-refractivity contribution in [1.82, 2.24) is 20.2 Å². The Morgan fingerprint density at radius 1 is 1.04 bits per heavy atom. The smallest absolute Gasteiger partial charge is 0.407 e. The van der Waals surface area contributed by atoms with Crippen LogP contribution in [0, 0.1) is 23.2 Å². The molecule has 0 radical (unpaired) electrons. The van der Waals surface area contributed by atoms with E-state index >= 15 is 0 Å². The lowest BCUT2D eigenvalue weighted by molar-refractivity contribution is -0.158. The van der Waals surface area contributed by atoms with Gasteiger partial charge in [0.15, 0.2) is 0 Å². The summed E-state index contributed by atoms with van der Waals surface area (Å²) in [6, 6.07) is 13.3. The number of hydrazine groups is 1. The molecule has 4 bridgehead atoms. The summed E-state index contributed by atoms with van der Waals surface area (Å²) < 4.78 is 5.63. The van der Waals surface area contributed by atoms with Crippen molar-refractivity contribution in [3.8, 4) is 0 Å². The van der Waals surface area contributed by atoms with Crippen LogP contribution >= 0.6 is 0 Å². The molecule has 0 unspecified atom stereocenters. The van der Waals surface area contributed by atoms with Crippen LogP contribution in [0.5, 0.6) is 0 Å². The van der Waals surface area contributed by atoms with Crippen LogP contribution in [0.2, 0.25) is 0 Å². The number of nitrogens with one attached hydrogen (secondary N) is 1. The molecule has 5 aliphatic rings. The Morgan fingerprint density at radius 2 is 1.65 bits per heavy atom. The number of nitrogens with two attached hydrogens (primary N) is 1. The summed E-state index contributed by atoms with van der Waals surface area (Å²) in [5.41, 5.74) is 0.205. The maximum absolute atomic E-state index is 14.3. The van der Waals surface area contributed by atoms with Crippen molar-refractivity contribution in [3.05, 3.63) is 71.3 Å². The van der Waals surface area contributed by atoms with Gasteiger partial charge in [-0.25, -0.2) is 19.4 Å². The van der Waals surface area contributed by atoms with Crippen molar-refractivity contribution in [1.29, 1.82) is 0 Å². The maximum Gasteiger partial charge on any atom is 0.407 e. The summed E-state index contributed by atoms with van der Waals surface area (Å²) in [5.74, 6) is 4.27. The number of benzene rings is 2. The number of hydrogen-bond donors (Lipinski definition) is 3. The van der Waals surface area contributed by atoms with Crippen LogP contribution in [-0.4, -0.2) is 75.3 Å². The van der Waals surface area contributed by atoms with Crippen LogP contribution in [0.3, 0.4) is 0 Å². The van der Waals surface area contributed by atoms with Crippen molar-refractivity contribution < 1.29 is 33.8 Å². The highest BCUT2D eigenvalue weighted by atomic mass is 16.5. The highest BCUT2D eigenvalue weighted by Gasteiger charge is 2.58. The minimum absolute atomic E-state index is 0.0213. The van der Waals surface area contributed by atoms with Gasteiger partial charge in [-0.3, -0.25) is 14.5 Å². The number of alkyl carbamates (subject to hydrolysis) is 1. The third kappa shape index (κ3) is 6.20. The Balaban J connectivity index is 1.22. The molecule has 1 saturated heterocycles. The summed E-state index contributed by atoms with van der Waals surface area (Å²) >= 11 is 0. The second-order valence-electron chi connectivity index (χ2n) is 14.1. The van der Waals surface area contributed by atoms with E-state index in [1.165, 1.54) is 30.4 Å². The first-order valence-electron chi connectivity index (χ1n) is 16.4. The molecule has 5 fully saturated rings. The van der Waals surface area contributed by atoms with Crippen LogP contribution in [0.1, 0.15) is 69.1 Å². The highest BCUT2D eigenvalue weighted by molar-refractivity contribution is 6.08. The molecule has 7 rings (SSSR count). The topological polar surface area (TPSA) is 175 Å². The van der Waals surface area contributed by atoms with Gasteiger partial charge in [0, 0.05) is 18.9 Å². The van der Waals surface area contributed by atoms with Crippen molar-refractivity contribution >= 4 is 36.1 Å². The van der Waals surface area contributed by atoms with Crippen molar-refractivity contribution in [2.24, 2.45) is 34.1 Å². The van der Waals surface area contributed by atoms with E-state index in [1.807, 2.05) is 18.2 Å². The number of hydrogen-bond acceptors (Lipinski definition) is 8. The normalized spacial score (nSPS) is 28.2. The molecule has 2 atom stereocenters. The molecule has 0 spiro atoms. The predicted molar refractivity (Wildman–Crippen MR) is 174 cm³/mol. The first-order chi connectivity index (χ1) is 22.9. The minimum Gasteiger partial charge on any atom is -0.480 e. The summed E-state index contributed by atoms with van der Waals surface area (Å²) in [6.45, 7) is 2.25. The maximum atomic E-state index is 14.3. The molecule has 2 aromatic carbocycles. The van der Waals surface area contributed by atoms with E-state index in [2.05, 4.69) is 10.4 Å². The van der Waals surface area contributed by atoms with Crippen molar-refractivity contribution in [2.45, 2.75) is 70.5 Å². The average Bonchev–Trinajstić information content (AvgIpc) is 3.23. The van der Waals surface area contributed by atoms with Gasteiger partial charge in [-0.1, -0.05) is 54.6 Å². The lowest BCUT2D eigenvalue weighted by Gasteiger charge is -2.56. The molecular formula is C35H42N6O7. The van der Waals surface area contributed by atoms with E-state index in [9.17, 15) is 29.1 Å². The Morgan fingerprint density at radius 3 is 2.19 bits per heavy atom. The Kier molecular flexibility index (Phi) is 8.88. The standard InChI is InChI=1S/C35H42N6O7/c1-22(42)40(20-29(30(43)44)38-32(46)48-21-35-15-25-12-26(16-35)14-27(13-25)17-35)41-31(45)34(2,28-10-8-23(9-11-28)18-37-36)39(33(41)47)19-24-6-4-3-5-7-24/h3-11,18,25-27,29H,12-17,19-21,36H2,1-2H3,(H,38,46)(H,43,44)/t25?,26?,27?,29-,34+,35?/m0/s1. The molecular weight excluding hydrogens is 616 g/mol.